The molecule has 1 aromatic rings. The molecule has 0 saturated heterocycles. The van der Waals surface area contributed by atoms with Crippen LogP contribution in [0.5, 0.6) is 5.75 Å². The van der Waals surface area contributed by atoms with Gasteiger partial charge in [0.25, 0.3) is 0 Å². The van der Waals surface area contributed by atoms with Gasteiger partial charge in [0.2, 0.25) is 5.91 Å². The van der Waals surface area contributed by atoms with Gasteiger partial charge in [-0.25, -0.2) is 0 Å². The first-order valence-electron chi connectivity index (χ1n) is 10.2. The summed E-state index contributed by atoms with van der Waals surface area (Å²) < 4.78 is 6.76. The van der Waals surface area contributed by atoms with E-state index in [-0.39, 0.29) is 5.91 Å². The lowest BCUT2D eigenvalue weighted by atomic mass is 9.48. The van der Waals surface area contributed by atoms with Crippen molar-refractivity contribution in [2.24, 2.45) is 23.2 Å². The van der Waals surface area contributed by atoms with Gasteiger partial charge in [0, 0.05) is 16.9 Å². The maximum atomic E-state index is 12.4. The third-order valence-electron chi connectivity index (χ3n) is 7.01. The Morgan fingerprint density at radius 2 is 1.73 bits per heavy atom. The van der Waals surface area contributed by atoms with Gasteiger partial charge in [0.1, 0.15) is 5.75 Å². The third kappa shape index (κ3) is 3.95. The summed E-state index contributed by atoms with van der Waals surface area (Å²) in [6.07, 6.45) is 9.68. The monoisotopic (exact) mass is 419 g/mol. The molecule has 0 aromatic heterocycles. The van der Waals surface area contributed by atoms with Crippen LogP contribution in [-0.2, 0) is 4.79 Å². The molecule has 26 heavy (non-hydrogen) atoms. The molecule has 4 aliphatic carbocycles. The maximum absolute atomic E-state index is 12.4. The molecular weight excluding hydrogens is 390 g/mol. The molecule has 1 unspecified atom stereocenters. The molecular formula is C22H30BrNO2. The topological polar surface area (TPSA) is 38.3 Å². The number of halogens is 1. The van der Waals surface area contributed by atoms with Gasteiger partial charge in [-0.1, -0.05) is 15.9 Å². The van der Waals surface area contributed by atoms with Crippen LogP contribution in [0.2, 0.25) is 0 Å². The number of benzene rings is 1. The highest BCUT2D eigenvalue weighted by atomic mass is 79.9. The highest BCUT2D eigenvalue weighted by Gasteiger charge is 2.53. The second-order valence-corrected chi connectivity index (χ2v) is 9.89. The van der Waals surface area contributed by atoms with Crippen LogP contribution in [0.25, 0.3) is 0 Å². The van der Waals surface area contributed by atoms with Gasteiger partial charge in [0.15, 0.2) is 0 Å². The number of hydrogen-bond acceptors (Lipinski definition) is 2. The Kier molecular flexibility index (Phi) is 5.31. The van der Waals surface area contributed by atoms with Crippen LogP contribution in [0, 0.1) is 23.2 Å². The minimum atomic E-state index is 0.188. The van der Waals surface area contributed by atoms with Crippen LogP contribution in [0.3, 0.4) is 0 Å². The molecule has 4 saturated carbocycles. The average Bonchev–Trinajstić information content (AvgIpc) is 2.59. The lowest BCUT2D eigenvalue weighted by Gasteiger charge is -2.59. The van der Waals surface area contributed by atoms with Crippen LogP contribution in [0.15, 0.2) is 28.7 Å². The number of amides is 1. The Bertz CT molecular complexity index is 607. The zero-order chi connectivity index (χ0) is 18.1. The lowest BCUT2D eigenvalue weighted by molar-refractivity contribution is -0.126. The predicted molar refractivity (Wildman–Crippen MR) is 107 cm³/mol. The lowest BCUT2D eigenvalue weighted by Crippen LogP contribution is -2.55. The summed E-state index contributed by atoms with van der Waals surface area (Å²) in [6.45, 7) is 2.84. The van der Waals surface area contributed by atoms with E-state index in [0.29, 0.717) is 24.5 Å². The number of ether oxygens (including phenoxy) is 1. The van der Waals surface area contributed by atoms with Crippen LogP contribution >= 0.6 is 15.9 Å². The van der Waals surface area contributed by atoms with Crippen molar-refractivity contribution < 1.29 is 9.53 Å². The van der Waals surface area contributed by atoms with Gasteiger partial charge >= 0.3 is 0 Å². The first-order chi connectivity index (χ1) is 12.5. The smallest absolute Gasteiger partial charge is 0.220 e. The molecule has 0 spiro atoms. The molecule has 1 atom stereocenters. The van der Waals surface area contributed by atoms with Crippen LogP contribution in [-0.4, -0.2) is 18.6 Å². The van der Waals surface area contributed by atoms with E-state index in [0.717, 1.165) is 34.4 Å². The van der Waals surface area contributed by atoms with E-state index in [1.807, 2.05) is 24.3 Å². The number of nitrogens with one attached hydrogen (secondary N) is 1. The summed E-state index contributed by atoms with van der Waals surface area (Å²) in [7, 11) is 0. The normalized spacial score (nSPS) is 33.1. The predicted octanol–water partition coefficient (Wildman–Crippen LogP) is 5.33. The van der Waals surface area contributed by atoms with Crippen molar-refractivity contribution in [3.05, 3.63) is 28.7 Å². The Morgan fingerprint density at radius 3 is 2.31 bits per heavy atom. The van der Waals surface area contributed by atoms with Crippen molar-refractivity contribution in [2.45, 2.75) is 64.3 Å². The largest absolute Gasteiger partial charge is 0.494 e. The fourth-order valence-corrected chi connectivity index (χ4v) is 6.39. The van der Waals surface area contributed by atoms with Gasteiger partial charge in [0.05, 0.1) is 6.61 Å². The third-order valence-corrected chi connectivity index (χ3v) is 7.54. The highest BCUT2D eigenvalue weighted by molar-refractivity contribution is 9.10. The average molecular weight is 420 g/mol. The van der Waals surface area contributed by atoms with Crippen molar-refractivity contribution in [2.75, 3.05) is 6.61 Å². The van der Waals surface area contributed by atoms with Crippen LogP contribution in [0.4, 0.5) is 0 Å². The zero-order valence-electron chi connectivity index (χ0n) is 15.7. The summed E-state index contributed by atoms with van der Waals surface area (Å²) in [6, 6.07) is 8.14. The van der Waals surface area contributed by atoms with E-state index in [9.17, 15) is 4.79 Å². The Labute approximate surface area is 165 Å². The fraction of sp³-hybridized carbons (Fsp3) is 0.682. The summed E-state index contributed by atoms with van der Waals surface area (Å²) in [5.74, 6) is 3.84. The molecule has 0 heterocycles. The molecule has 1 aromatic carbocycles. The molecule has 4 heteroatoms. The molecule has 4 aliphatic rings. The molecule has 142 valence electrons. The summed E-state index contributed by atoms with van der Waals surface area (Å²) in [5.41, 5.74) is 0.387. The second kappa shape index (κ2) is 7.53. The molecule has 0 radical (unpaired) electrons. The number of carbonyl (C=O) groups is 1. The van der Waals surface area contributed by atoms with Gasteiger partial charge in [-0.3, -0.25) is 4.79 Å². The van der Waals surface area contributed by atoms with Gasteiger partial charge in [-0.2, -0.15) is 0 Å². The number of hydrogen-bond donors (Lipinski definition) is 1. The summed E-state index contributed by atoms with van der Waals surface area (Å²) in [5, 5.41) is 3.34. The highest BCUT2D eigenvalue weighted by Crippen LogP contribution is 2.61. The maximum Gasteiger partial charge on any atom is 0.220 e. The van der Waals surface area contributed by atoms with Crippen LogP contribution < -0.4 is 10.1 Å². The SMILES string of the molecule is CC(NC(=O)CCCOc1ccc(Br)cc1)C12CC3CC(CC(C3)C1)C2. The van der Waals surface area contributed by atoms with E-state index in [1.54, 1.807) is 0 Å². The van der Waals surface area contributed by atoms with Crippen LogP contribution in [0.1, 0.15) is 58.3 Å². The summed E-state index contributed by atoms with van der Waals surface area (Å²) in [4.78, 5) is 12.4. The van der Waals surface area contributed by atoms with Crippen molar-refractivity contribution in [1.82, 2.24) is 5.32 Å². The number of rotatable bonds is 7. The quantitative estimate of drug-likeness (QED) is 0.606. The van der Waals surface area contributed by atoms with Crippen molar-refractivity contribution in [3.63, 3.8) is 0 Å². The first-order valence-corrected chi connectivity index (χ1v) is 11.0. The minimum absolute atomic E-state index is 0.188. The molecule has 5 rings (SSSR count). The van der Waals surface area contributed by atoms with Crippen molar-refractivity contribution in [3.8, 4) is 5.75 Å². The molecule has 1 N–H and O–H groups in total. The van der Waals surface area contributed by atoms with Gasteiger partial charge < -0.3 is 10.1 Å². The fourth-order valence-electron chi connectivity index (χ4n) is 6.13. The Hall–Kier alpha value is -1.03. The van der Waals surface area contributed by atoms with Gasteiger partial charge in [-0.15, -0.1) is 0 Å². The van der Waals surface area contributed by atoms with E-state index in [1.165, 1.54) is 38.5 Å². The van der Waals surface area contributed by atoms with E-state index >= 15 is 0 Å². The number of carbonyl (C=O) groups excluding carboxylic acids is 1. The summed E-state index contributed by atoms with van der Waals surface area (Å²) >= 11 is 3.42. The molecule has 3 nitrogen and oxygen atoms in total. The zero-order valence-corrected chi connectivity index (χ0v) is 17.3. The van der Waals surface area contributed by atoms with E-state index in [2.05, 4.69) is 28.2 Å². The Morgan fingerprint density at radius 1 is 1.15 bits per heavy atom. The van der Waals surface area contributed by atoms with Crippen molar-refractivity contribution >= 4 is 21.8 Å². The first kappa shape index (κ1) is 18.3. The minimum Gasteiger partial charge on any atom is -0.494 e. The Balaban J connectivity index is 1.21. The molecule has 1 amide bonds. The molecule has 0 aliphatic heterocycles. The van der Waals surface area contributed by atoms with Crippen molar-refractivity contribution in [1.29, 1.82) is 0 Å². The second-order valence-electron chi connectivity index (χ2n) is 8.98. The standard InChI is InChI=1S/C22H30BrNO2/c1-15(22-12-16-9-17(13-22)11-18(10-16)14-22)24-21(25)3-2-8-26-20-6-4-19(23)5-7-20/h4-7,15-18H,2-3,8-14H2,1H3,(H,24,25). The molecule has 4 fully saturated rings. The van der Waals surface area contributed by atoms with E-state index < -0.39 is 0 Å². The van der Waals surface area contributed by atoms with E-state index in [4.69, 9.17) is 4.74 Å². The molecule has 4 bridgehead atoms. The van der Waals surface area contributed by atoms with Gasteiger partial charge in [-0.05, 0) is 99.3 Å².